The first kappa shape index (κ1) is 22.7. The number of rotatable bonds is 6. The molecule has 0 aromatic heterocycles. The molecule has 7 nitrogen and oxygen atoms in total. The number of phenols is 1. The van der Waals surface area contributed by atoms with Gasteiger partial charge in [-0.2, -0.15) is 0 Å². The predicted molar refractivity (Wildman–Crippen MR) is 119 cm³/mol. The van der Waals surface area contributed by atoms with Gasteiger partial charge in [0, 0.05) is 5.56 Å². The van der Waals surface area contributed by atoms with Crippen LogP contribution in [0.25, 0.3) is 11.1 Å². The van der Waals surface area contributed by atoms with E-state index in [9.17, 15) is 19.5 Å². The molecule has 0 saturated heterocycles. The van der Waals surface area contributed by atoms with Gasteiger partial charge in [0.15, 0.2) is 16.9 Å². The summed E-state index contributed by atoms with van der Waals surface area (Å²) in [4.78, 5) is 37.1. The van der Waals surface area contributed by atoms with E-state index in [-0.39, 0.29) is 34.9 Å². The lowest BCUT2D eigenvalue weighted by atomic mass is 9.95. The summed E-state index contributed by atoms with van der Waals surface area (Å²) >= 11 is 1.33. The van der Waals surface area contributed by atoms with Gasteiger partial charge in [-0.05, 0) is 60.9 Å². The minimum absolute atomic E-state index is 0.132. The number of ether oxygens (including phenoxy) is 2. The Balaban J connectivity index is 2.29. The summed E-state index contributed by atoms with van der Waals surface area (Å²) in [5, 5.41) is 13.6. The molecule has 1 amide bonds. The minimum atomic E-state index is -0.484. The highest BCUT2D eigenvalue weighted by Crippen LogP contribution is 2.49. The van der Waals surface area contributed by atoms with Crippen LogP contribution in [-0.4, -0.2) is 37.3 Å². The fourth-order valence-electron chi connectivity index (χ4n) is 3.91. The Morgan fingerprint density at radius 1 is 1.23 bits per heavy atom. The van der Waals surface area contributed by atoms with Gasteiger partial charge in [-0.15, -0.1) is 11.8 Å². The Hall–Kier alpha value is -3.00. The standard InChI is InChI=1S/C23H25NO6S/c1-12(25)9-20(27)24-16-7-5-13-10-18(29-2)22(28)23(30-3)21(13)14-6-8-19(31-4)17(26)11-15(14)16/h6,8,10-11,16,28H,5,7,9H2,1-4H3,(H,24,27)/t16-/m0/s1. The molecule has 2 aromatic rings. The molecule has 0 heterocycles. The molecule has 31 heavy (non-hydrogen) atoms. The third kappa shape index (κ3) is 4.54. The summed E-state index contributed by atoms with van der Waals surface area (Å²) in [6.45, 7) is 1.36. The molecule has 0 unspecified atom stereocenters. The molecule has 8 heteroatoms. The second-order valence-electron chi connectivity index (χ2n) is 7.31. The van der Waals surface area contributed by atoms with Crippen molar-refractivity contribution in [2.24, 2.45) is 0 Å². The maximum absolute atomic E-state index is 12.8. The number of carbonyl (C=O) groups is 2. The van der Waals surface area contributed by atoms with E-state index in [0.29, 0.717) is 34.4 Å². The SMILES string of the molecule is COc1cc2c(c(OC)c1O)-c1ccc(SC)c(=O)cc1[C@@H](NC(=O)CC(C)=O)CC2. The maximum atomic E-state index is 12.8. The van der Waals surface area contributed by atoms with Gasteiger partial charge in [0.1, 0.15) is 5.78 Å². The monoisotopic (exact) mass is 443 g/mol. The van der Waals surface area contributed by atoms with Crippen LogP contribution in [-0.2, 0) is 16.0 Å². The normalized spacial score (nSPS) is 14.6. The highest BCUT2D eigenvalue weighted by molar-refractivity contribution is 7.98. The van der Waals surface area contributed by atoms with Gasteiger partial charge >= 0.3 is 0 Å². The van der Waals surface area contributed by atoms with Crippen molar-refractivity contribution in [2.45, 2.75) is 37.1 Å². The van der Waals surface area contributed by atoms with Crippen LogP contribution in [0.1, 0.15) is 36.9 Å². The van der Waals surface area contributed by atoms with Crippen molar-refractivity contribution < 1.29 is 24.2 Å². The number of ketones is 1. The minimum Gasteiger partial charge on any atom is -0.502 e. The quantitative estimate of drug-likeness (QED) is 0.522. The summed E-state index contributed by atoms with van der Waals surface area (Å²) in [7, 11) is 2.92. The third-order valence-electron chi connectivity index (χ3n) is 5.28. The average molecular weight is 444 g/mol. The molecular weight excluding hydrogens is 418 g/mol. The Morgan fingerprint density at radius 2 is 1.97 bits per heavy atom. The number of methoxy groups -OCH3 is 2. The lowest BCUT2D eigenvalue weighted by Crippen LogP contribution is -2.30. The van der Waals surface area contributed by atoms with E-state index in [1.165, 1.54) is 39.0 Å². The van der Waals surface area contributed by atoms with E-state index in [1.807, 2.05) is 12.3 Å². The molecule has 0 aliphatic heterocycles. The van der Waals surface area contributed by atoms with Crippen molar-refractivity contribution >= 4 is 23.5 Å². The van der Waals surface area contributed by atoms with E-state index in [1.54, 1.807) is 12.1 Å². The lowest BCUT2D eigenvalue weighted by molar-refractivity contribution is -0.127. The third-order valence-corrected chi connectivity index (χ3v) is 6.06. The zero-order valence-electron chi connectivity index (χ0n) is 17.9. The number of nitrogens with one attached hydrogen (secondary N) is 1. The highest BCUT2D eigenvalue weighted by Gasteiger charge is 2.29. The maximum Gasteiger partial charge on any atom is 0.227 e. The number of Topliss-reactive ketones (excluding diaryl/α,β-unsaturated/α-hetero) is 1. The predicted octanol–water partition coefficient (Wildman–Crippen LogP) is 3.24. The molecule has 0 radical (unpaired) electrons. The molecule has 2 aromatic carbocycles. The molecule has 0 saturated carbocycles. The first-order valence-corrected chi connectivity index (χ1v) is 11.0. The largest absolute Gasteiger partial charge is 0.502 e. The summed E-state index contributed by atoms with van der Waals surface area (Å²) in [6, 6.07) is 6.33. The number of fused-ring (bicyclic) bond motifs is 3. The van der Waals surface area contributed by atoms with Gasteiger partial charge in [0.2, 0.25) is 11.7 Å². The fraction of sp³-hybridized carbons (Fsp3) is 0.348. The molecule has 0 fully saturated rings. The zero-order valence-corrected chi connectivity index (χ0v) is 18.7. The van der Waals surface area contributed by atoms with E-state index in [0.717, 1.165) is 5.56 Å². The Labute approximate surface area is 184 Å². The van der Waals surface area contributed by atoms with Crippen molar-refractivity contribution in [1.82, 2.24) is 5.32 Å². The molecule has 1 aliphatic rings. The van der Waals surface area contributed by atoms with Crippen LogP contribution in [0, 0.1) is 0 Å². The first-order chi connectivity index (χ1) is 14.8. The van der Waals surface area contributed by atoms with Crippen LogP contribution < -0.4 is 20.2 Å². The van der Waals surface area contributed by atoms with Crippen LogP contribution in [0.5, 0.6) is 17.2 Å². The summed E-state index contributed by atoms with van der Waals surface area (Å²) in [5.41, 5.74) is 2.64. The van der Waals surface area contributed by atoms with Crippen LogP contribution in [0.3, 0.4) is 0 Å². The topological polar surface area (TPSA) is 102 Å². The number of aryl methyl sites for hydroxylation is 1. The second-order valence-corrected chi connectivity index (χ2v) is 8.16. The number of hydrogen-bond acceptors (Lipinski definition) is 7. The van der Waals surface area contributed by atoms with Crippen LogP contribution in [0.15, 0.2) is 34.0 Å². The smallest absolute Gasteiger partial charge is 0.227 e. The van der Waals surface area contributed by atoms with E-state index in [2.05, 4.69) is 5.32 Å². The molecule has 2 N–H and O–H groups in total. The van der Waals surface area contributed by atoms with E-state index >= 15 is 0 Å². The van der Waals surface area contributed by atoms with Crippen LogP contribution in [0.2, 0.25) is 0 Å². The second kappa shape index (κ2) is 9.43. The van der Waals surface area contributed by atoms with Crippen molar-refractivity contribution in [3.8, 4) is 28.4 Å². The summed E-state index contributed by atoms with van der Waals surface area (Å²) < 4.78 is 10.8. The summed E-state index contributed by atoms with van der Waals surface area (Å²) in [5.74, 6) is -0.237. The average Bonchev–Trinajstić information content (AvgIpc) is 2.96. The molecule has 0 spiro atoms. The molecular formula is C23H25NO6S. The van der Waals surface area contributed by atoms with Crippen molar-refractivity contribution in [2.75, 3.05) is 20.5 Å². The van der Waals surface area contributed by atoms with Crippen LogP contribution in [0.4, 0.5) is 0 Å². The molecule has 164 valence electrons. The Morgan fingerprint density at radius 3 is 2.58 bits per heavy atom. The van der Waals surface area contributed by atoms with Crippen molar-refractivity contribution in [3.05, 3.63) is 45.6 Å². The van der Waals surface area contributed by atoms with Gasteiger partial charge in [0.05, 0.1) is 31.6 Å². The Kier molecular flexibility index (Phi) is 6.90. The van der Waals surface area contributed by atoms with E-state index < -0.39 is 11.9 Å². The number of amides is 1. The number of hydrogen-bond donors (Lipinski definition) is 2. The summed E-state index contributed by atoms with van der Waals surface area (Å²) in [6.07, 6.45) is 2.63. The van der Waals surface area contributed by atoms with Gasteiger partial charge < -0.3 is 19.9 Å². The lowest BCUT2D eigenvalue weighted by Gasteiger charge is -2.19. The van der Waals surface area contributed by atoms with Gasteiger partial charge in [0.25, 0.3) is 0 Å². The first-order valence-electron chi connectivity index (χ1n) is 9.78. The van der Waals surface area contributed by atoms with E-state index in [4.69, 9.17) is 9.47 Å². The number of carbonyl (C=O) groups excluding carboxylic acids is 2. The number of phenolic OH excluding ortho intramolecular Hbond substituents is 1. The number of thioether (sulfide) groups is 1. The fourth-order valence-corrected chi connectivity index (χ4v) is 4.37. The Bertz CT molecular complexity index is 1100. The molecule has 0 bridgehead atoms. The van der Waals surface area contributed by atoms with Crippen molar-refractivity contribution in [3.63, 3.8) is 0 Å². The van der Waals surface area contributed by atoms with Crippen molar-refractivity contribution in [1.29, 1.82) is 0 Å². The molecule has 1 atom stereocenters. The molecule has 3 rings (SSSR count). The van der Waals surface area contributed by atoms with Gasteiger partial charge in [-0.25, -0.2) is 0 Å². The van der Waals surface area contributed by atoms with Crippen LogP contribution >= 0.6 is 11.8 Å². The molecule has 1 aliphatic carbocycles. The highest BCUT2D eigenvalue weighted by atomic mass is 32.2. The van der Waals surface area contributed by atoms with Gasteiger partial charge in [-0.3, -0.25) is 14.4 Å². The number of aromatic hydroxyl groups is 1. The van der Waals surface area contributed by atoms with Gasteiger partial charge in [-0.1, -0.05) is 6.07 Å². The zero-order chi connectivity index (χ0) is 22.7. The number of benzene rings is 1.